The van der Waals surface area contributed by atoms with Crippen LogP contribution in [0.25, 0.3) is 10.9 Å². The van der Waals surface area contributed by atoms with Crippen LogP contribution in [0.5, 0.6) is 0 Å². The van der Waals surface area contributed by atoms with E-state index in [1.54, 1.807) is 6.07 Å². The minimum absolute atomic E-state index is 0.0530. The molecule has 0 radical (unpaired) electrons. The Kier molecular flexibility index (Phi) is 2.76. The van der Waals surface area contributed by atoms with E-state index in [1.807, 2.05) is 0 Å². The number of nitro groups is 1. The molecule has 0 fully saturated rings. The molecule has 90 valence electrons. The number of rotatable bonds is 3. The molecule has 1 aromatic carbocycles. The number of aromatic nitrogens is 1. The molecule has 2 rings (SSSR count). The molecule has 17 heavy (non-hydrogen) atoms. The molecule has 5 nitrogen and oxygen atoms in total. The van der Waals surface area contributed by atoms with Gasteiger partial charge in [0.2, 0.25) is 0 Å². The number of benzene rings is 1. The van der Waals surface area contributed by atoms with Gasteiger partial charge in [-0.2, -0.15) is 8.78 Å². The zero-order chi connectivity index (χ0) is 12.6. The van der Waals surface area contributed by atoms with Gasteiger partial charge in [-0.3, -0.25) is 14.7 Å². The van der Waals surface area contributed by atoms with Crippen molar-refractivity contribution in [1.82, 2.24) is 4.57 Å². The largest absolute Gasteiger partial charge is 0.326 e. The predicted octanol–water partition coefficient (Wildman–Crippen LogP) is 2.40. The Balaban J connectivity index is 2.86. The lowest BCUT2D eigenvalue weighted by Gasteiger charge is -2.02. The van der Waals surface area contributed by atoms with Gasteiger partial charge in [0.05, 0.1) is 4.92 Å². The molecule has 0 aliphatic carbocycles. The van der Waals surface area contributed by atoms with Crippen molar-refractivity contribution < 1.29 is 13.7 Å². The smallest absolute Gasteiger partial charge is 0.319 e. The van der Waals surface area contributed by atoms with Crippen molar-refractivity contribution >= 4 is 16.6 Å². The summed E-state index contributed by atoms with van der Waals surface area (Å²) in [6.07, 6.45) is 1.16. The van der Waals surface area contributed by atoms with E-state index >= 15 is 0 Å². The van der Waals surface area contributed by atoms with E-state index in [-0.39, 0.29) is 17.7 Å². The van der Waals surface area contributed by atoms with Crippen molar-refractivity contribution in [2.75, 3.05) is 0 Å². The van der Waals surface area contributed by atoms with Crippen LogP contribution in [0.15, 0.2) is 24.4 Å². The van der Waals surface area contributed by atoms with Gasteiger partial charge in [-0.05, 0) is 5.56 Å². The average molecular weight is 241 g/mol. The Bertz CT molecular complexity index is 580. The van der Waals surface area contributed by atoms with Gasteiger partial charge in [-0.25, -0.2) is 0 Å². The number of alkyl halides is 2. The van der Waals surface area contributed by atoms with Crippen LogP contribution in [0.3, 0.4) is 0 Å². The third-order valence-electron chi connectivity index (χ3n) is 2.54. The molecule has 0 aliphatic rings. The van der Waals surface area contributed by atoms with E-state index in [9.17, 15) is 18.9 Å². The third-order valence-corrected chi connectivity index (χ3v) is 2.54. The molecule has 0 saturated carbocycles. The van der Waals surface area contributed by atoms with Crippen LogP contribution in [0, 0.1) is 10.1 Å². The quantitative estimate of drug-likeness (QED) is 0.662. The Labute approximate surface area is 94.6 Å². The molecule has 0 unspecified atom stereocenters. The Hall–Kier alpha value is -2.02. The van der Waals surface area contributed by atoms with Gasteiger partial charge in [0, 0.05) is 24.2 Å². The summed E-state index contributed by atoms with van der Waals surface area (Å²) in [5.74, 6) is 0. The number of nitrogens with two attached hydrogens (primary N) is 1. The van der Waals surface area contributed by atoms with Crippen molar-refractivity contribution in [1.29, 1.82) is 0 Å². The topological polar surface area (TPSA) is 74.1 Å². The van der Waals surface area contributed by atoms with Crippen molar-refractivity contribution in [3.8, 4) is 0 Å². The summed E-state index contributed by atoms with van der Waals surface area (Å²) in [5.41, 5.74) is 5.45. The van der Waals surface area contributed by atoms with Gasteiger partial charge < -0.3 is 5.73 Å². The molecule has 1 heterocycles. The zero-order valence-electron chi connectivity index (χ0n) is 8.64. The summed E-state index contributed by atoms with van der Waals surface area (Å²) < 4.78 is 26.2. The summed E-state index contributed by atoms with van der Waals surface area (Å²) in [5, 5.41) is 11.2. The van der Waals surface area contributed by atoms with Gasteiger partial charge in [-0.15, -0.1) is 0 Å². The molecule has 1 aromatic heterocycles. The third kappa shape index (κ3) is 1.74. The first kappa shape index (κ1) is 11.5. The highest BCUT2D eigenvalue weighted by Gasteiger charge is 2.21. The first-order valence-corrected chi connectivity index (χ1v) is 4.81. The number of hydrogen-bond donors (Lipinski definition) is 1. The fraction of sp³-hybridized carbons (Fsp3) is 0.200. The average Bonchev–Trinajstić information content (AvgIpc) is 2.67. The molecule has 7 heteroatoms. The maximum absolute atomic E-state index is 12.8. The molecule has 0 aliphatic heterocycles. The summed E-state index contributed by atoms with van der Waals surface area (Å²) in [4.78, 5) is 10.1. The zero-order valence-corrected chi connectivity index (χ0v) is 8.64. The second kappa shape index (κ2) is 4.10. The van der Waals surface area contributed by atoms with Crippen molar-refractivity contribution in [3.63, 3.8) is 0 Å². The van der Waals surface area contributed by atoms with Gasteiger partial charge in [0.15, 0.2) is 0 Å². The SMILES string of the molecule is NCc1cn(C(F)F)c2c([N+](=O)[O-])cccc12. The van der Waals surface area contributed by atoms with E-state index in [2.05, 4.69) is 0 Å². The summed E-state index contributed by atoms with van der Waals surface area (Å²) in [6.45, 7) is -2.78. The Morgan fingerprint density at radius 1 is 1.47 bits per heavy atom. The van der Waals surface area contributed by atoms with Crippen LogP contribution in [0.1, 0.15) is 12.1 Å². The number of halogens is 2. The van der Waals surface area contributed by atoms with Crippen LogP contribution in [0.2, 0.25) is 0 Å². The molecule has 2 N–H and O–H groups in total. The lowest BCUT2D eigenvalue weighted by molar-refractivity contribution is -0.383. The molecule has 0 amide bonds. The van der Waals surface area contributed by atoms with Gasteiger partial charge in [0.1, 0.15) is 5.52 Å². The van der Waals surface area contributed by atoms with Crippen LogP contribution in [-0.4, -0.2) is 9.49 Å². The highest BCUT2D eigenvalue weighted by Crippen LogP contribution is 2.32. The van der Waals surface area contributed by atoms with Gasteiger partial charge in [0.25, 0.3) is 5.69 Å². The van der Waals surface area contributed by atoms with Gasteiger partial charge in [-0.1, -0.05) is 12.1 Å². The molecule has 0 bridgehead atoms. The standard InChI is InChI=1S/C10H9F2N3O2/c11-10(12)14-5-6(4-13)7-2-1-3-8(9(7)14)15(16)17/h1-3,5,10H,4,13H2. The first-order valence-electron chi connectivity index (χ1n) is 4.81. The number of non-ortho nitro benzene ring substituents is 1. The van der Waals surface area contributed by atoms with Crippen LogP contribution >= 0.6 is 0 Å². The van der Waals surface area contributed by atoms with E-state index in [0.717, 1.165) is 6.20 Å². The monoisotopic (exact) mass is 241 g/mol. The maximum Gasteiger partial charge on any atom is 0.319 e. The number of nitro benzene ring substituents is 1. The summed E-state index contributed by atoms with van der Waals surface area (Å²) in [7, 11) is 0. The minimum Gasteiger partial charge on any atom is -0.326 e. The predicted molar refractivity (Wildman–Crippen MR) is 57.7 cm³/mol. The second-order valence-electron chi connectivity index (χ2n) is 3.47. The first-order chi connectivity index (χ1) is 8.06. The van der Waals surface area contributed by atoms with E-state index in [4.69, 9.17) is 5.73 Å². The molecular formula is C10H9F2N3O2. The van der Waals surface area contributed by atoms with E-state index in [0.29, 0.717) is 15.5 Å². The number of nitrogens with zero attached hydrogens (tertiary/aromatic N) is 2. The van der Waals surface area contributed by atoms with E-state index < -0.39 is 11.5 Å². The minimum atomic E-state index is -2.83. The molecular weight excluding hydrogens is 232 g/mol. The molecule has 0 saturated heterocycles. The Morgan fingerprint density at radius 3 is 2.71 bits per heavy atom. The van der Waals surface area contributed by atoms with Crippen LogP contribution in [0.4, 0.5) is 14.5 Å². The van der Waals surface area contributed by atoms with E-state index in [1.165, 1.54) is 12.1 Å². The van der Waals surface area contributed by atoms with Gasteiger partial charge >= 0.3 is 6.55 Å². The highest BCUT2D eigenvalue weighted by molar-refractivity contribution is 5.91. The van der Waals surface area contributed by atoms with Crippen LogP contribution in [-0.2, 0) is 6.54 Å². The highest BCUT2D eigenvalue weighted by atomic mass is 19.3. The fourth-order valence-electron chi connectivity index (χ4n) is 1.83. The van der Waals surface area contributed by atoms with Crippen molar-refractivity contribution in [2.45, 2.75) is 13.1 Å². The fourth-order valence-corrected chi connectivity index (χ4v) is 1.83. The van der Waals surface area contributed by atoms with Crippen molar-refractivity contribution in [2.24, 2.45) is 5.73 Å². The summed E-state index contributed by atoms with van der Waals surface area (Å²) >= 11 is 0. The molecule has 2 aromatic rings. The summed E-state index contributed by atoms with van der Waals surface area (Å²) in [6, 6.07) is 4.19. The number of hydrogen-bond acceptors (Lipinski definition) is 3. The number of fused-ring (bicyclic) bond motifs is 1. The maximum atomic E-state index is 12.8. The lowest BCUT2D eigenvalue weighted by atomic mass is 10.1. The second-order valence-corrected chi connectivity index (χ2v) is 3.47. The molecule has 0 atom stereocenters. The number of para-hydroxylation sites is 1. The lowest BCUT2D eigenvalue weighted by Crippen LogP contribution is -1.99. The Morgan fingerprint density at radius 2 is 2.18 bits per heavy atom. The van der Waals surface area contributed by atoms with Crippen LogP contribution < -0.4 is 5.73 Å². The van der Waals surface area contributed by atoms with Crippen molar-refractivity contribution in [3.05, 3.63) is 40.1 Å². The molecule has 0 spiro atoms. The normalized spacial score (nSPS) is 11.3.